The molecule has 0 aliphatic carbocycles. The van der Waals surface area contributed by atoms with Crippen LogP contribution >= 0.6 is 0 Å². The summed E-state index contributed by atoms with van der Waals surface area (Å²) in [4.78, 5) is 16.0. The Morgan fingerprint density at radius 1 is 1.06 bits per heavy atom. The fourth-order valence-electron chi connectivity index (χ4n) is 4.30. The number of methoxy groups -OCH3 is 2. The molecule has 1 aliphatic heterocycles. The average molecular weight is 443 g/mol. The first-order valence-corrected chi connectivity index (χ1v) is 12.0. The van der Waals surface area contributed by atoms with Crippen LogP contribution in [-0.2, 0) is 22.9 Å². The monoisotopic (exact) mass is 442 g/mol. The molecule has 0 unspecified atom stereocenters. The fourth-order valence-corrected chi connectivity index (χ4v) is 5.33. The predicted octanol–water partition coefficient (Wildman–Crippen LogP) is 3.01. The number of aryl methyl sites for hydroxylation is 1. The molecule has 7 nitrogen and oxygen atoms in total. The second-order valence-corrected chi connectivity index (χ2v) is 9.70. The molecule has 0 saturated heterocycles. The van der Waals surface area contributed by atoms with Crippen molar-refractivity contribution in [1.82, 2.24) is 9.29 Å². The second-order valence-electron chi connectivity index (χ2n) is 7.76. The Balaban J connectivity index is 2.00. The Morgan fingerprint density at radius 2 is 1.77 bits per heavy atom. The zero-order chi connectivity index (χ0) is 22.3. The van der Waals surface area contributed by atoms with Gasteiger partial charge in [0, 0.05) is 17.6 Å². The van der Waals surface area contributed by atoms with Gasteiger partial charge in [-0.2, -0.15) is 4.31 Å². The molecule has 1 aromatic heterocycles. The van der Waals surface area contributed by atoms with Gasteiger partial charge in [0.15, 0.2) is 11.5 Å². The molecule has 1 aliphatic rings. The van der Waals surface area contributed by atoms with Crippen LogP contribution in [0.1, 0.15) is 35.2 Å². The molecule has 0 amide bonds. The topological polar surface area (TPSA) is 88.7 Å². The van der Waals surface area contributed by atoms with Gasteiger partial charge in [-0.3, -0.25) is 4.79 Å². The van der Waals surface area contributed by atoms with Crippen molar-refractivity contribution in [2.24, 2.45) is 0 Å². The number of H-pyrrole nitrogens is 1. The van der Waals surface area contributed by atoms with Crippen LogP contribution in [0.25, 0.3) is 10.9 Å². The number of fused-ring (bicyclic) bond motifs is 2. The number of ether oxygens (including phenoxy) is 2. The van der Waals surface area contributed by atoms with Crippen molar-refractivity contribution < 1.29 is 17.9 Å². The number of nitrogens with one attached hydrogen (secondary N) is 1. The van der Waals surface area contributed by atoms with E-state index in [2.05, 4.69) is 11.9 Å². The molecule has 31 heavy (non-hydrogen) atoms. The highest BCUT2D eigenvalue weighted by atomic mass is 32.2. The first-order valence-electron chi connectivity index (χ1n) is 10.1. The number of sulfonamides is 1. The fraction of sp³-hybridized carbons (Fsp3) is 0.348. The first kappa shape index (κ1) is 21.4. The van der Waals surface area contributed by atoms with Gasteiger partial charge in [-0.25, -0.2) is 8.42 Å². The van der Waals surface area contributed by atoms with Crippen LogP contribution in [0, 0.1) is 0 Å². The maximum Gasteiger partial charge on any atom is 0.253 e. The van der Waals surface area contributed by atoms with E-state index in [0.717, 1.165) is 34.0 Å². The van der Waals surface area contributed by atoms with E-state index in [-0.39, 0.29) is 12.1 Å². The van der Waals surface area contributed by atoms with Crippen LogP contribution in [0.3, 0.4) is 0 Å². The maximum atomic E-state index is 13.1. The number of hydrogen-bond acceptors (Lipinski definition) is 5. The third-order valence-corrected chi connectivity index (χ3v) is 7.14. The van der Waals surface area contributed by atoms with Gasteiger partial charge in [0.05, 0.1) is 26.5 Å². The van der Waals surface area contributed by atoms with Gasteiger partial charge in [-0.15, -0.1) is 0 Å². The van der Waals surface area contributed by atoms with Crippen molar-refractivity contribution in [3.8, 4) is 11.5 Å². The summed E-state index contributed by atoms with van der Waals surface area (Å²) in [6, 6.07) is 10.6. The molecule has 2 heterocycles. The summed E-state index contributed by atoms with van der Waals surface area (Å²) in [5, 5.41) is 0.870. The van der Waals surface area contributed by atoms with Crippen molar-refractivity contribution in [2.45, 2.75) is 25.8 Å². The zero-order valence-corrected chi connectivity index (χ0v) is 18.9. The highest BCUT2D eigenvalue weighted by molar-refractivity contribution is 7.88. The molecule has 0 radical (unpaired) electrons. The molecule has 8 heteroatoms. The van der Waals surface area contributed by atoms with Gasteiger partial charge in [0.25, 0.3) is 5.56 Å². The van der Waals surface area contributed by atoms with E-state index in [9.17, 15) is 13.2 Å². The smallest absolute Gasteiger partial charge is 0.253 e. The van der Waals surface area contributed by atoms with E-state index in [1.165, 1.54) is 17.7 Å². The molecule has 1 N–H and O–H groups in total. The largest absolute Gasteiger partial charge is 0.493 e. The highest BCUT2D eigenvalue weighted by Crippen LogP contribution is 2.41. The quantitative estimate of drug-likeness (QED) is 0.656. The van der Waals surface area contributed by atoms with Crippen LogP contribution in [-0.4, -0.2) is 44.7 Å². The van der Waals surface area contributed by atoms with Crippen LogP contribution in [0.5, 0.6) is 11.5 Å². The molecule has 164 valence electrons. The molecule has 4 rings (SSSR count). The van der Waals surface area contributed by atoms with Gasteiger partial charge in [0.1, 0.15) is 0 Å². The van der Waals surface area contributed by atoms with Crippen molar-refractivity contribution >= 4 is 20.9 Å². The maximum absolute atomic E-state index is 13.1. The van der Waals surface area contributed by atoms with Gasteiger partial charge in [-0.1, -0.05) is 13.0 Å². The molecule has 2 aromatic carbocycles. The first-order chi connectivity index (χ1) is 14.8. The minimum Gasteiger partial charge on any atom is -0.493 e. The van der Waals surface area contributed by atoms with E-state index in [0.29, 0.717) is 23.5 Å². The summed E-state index contributed by atoms with van der Waals surface area (Å²) in [6.45, 7) is 2.34. The SMILES string of the molecule is CCc1ccc2[nH]c(=O)c([C@H]3c4cc(OC)c(OC)cc4CCN3S(C)(=O)=O)cc2c1. The molecular formula is C23H26N2O5S. The van der Waals surface area contributed by atoms with Crippen molar-refractivity contribution in [3.05, 3.63) is 69.0 Å². The summed E-state index contributed by atoms with van der Waals surface area (Å²) in [5.74, 6) is 1.07. The molecule has 3 aromatic rings. The van der Waals surface area contributed by atoms with Crippen LogP contribution < -0.4 is 15.0 Å². The number of aromatic nitrogens is 1. The molecule has 0 saturated carbocycles. The molecule has 0 bridgehead atoms. The van der Waals surface area contributed by atoms with Crippen LogP contribution in [0.4, 0.5) is 0 Å². The van der Waals surface area contributed by atoms with E-state index in [4.69, 9.17) is 9.47 Å². The highest BCUT2D eigenvalue weighted by Gasteiger charge is 2.37. The van der Waals surface area contributed by atoms with E-state index >= 15 is 0 Å². The van der Waals surface area contributed by atoms with Gasteiger partial charge >= 0.3 is 0 Å². The Bertz CT molecular complexity index is 1310. The molecular weight excluding hydrogens is 416 g/mol. The Kier molecular flexibility index (Phi) is 5.53. The van der Waals surface area contributed by atoms with Crippen LogP contribution in [0.15, 0.2) is 41.2 Å². The minimum absolute atomic E-state index is 0.276. The number of rotatable bonds is 5. The molecule has 1 atom stereocenters. The van der Waals surface area contributed by atoms with Gasteiger partial charge in [-0.05, 0) is 65.3 Å². The number of aromatic amines is 1. The molecule has 0 spiro atoms. The summed E-state index contributed by atoms with van der Waals surface area (Å²) >= 11 is 0. The summed E-state index contributed by atoms with van der Waals surface area (Å²) in [7, 11) is -0.480. The van der Waals surface area contributed by atoms with E-state index in [1.54, 1.807) is 13.2 Å². The van der Waals surface area contributed by atoms with Gasteiger partial charge < -0.3 is 14.5 Å². The van der Waals surface area contributed by atoms with Crippen molar-refractivity contribution in [3.63, 3.8) is 0 Å². The van der Waals surface area contributed by atoms with E-state index < -0.39 is 16.1 Å². The minimum atomic E-state index is -3.58. The standard InChI is InChI=1S/C23H26N2O5S/c1-5-14-6-7-19-16(10-14)11-18(23(26)24-19)22-17-13-21(30-3)20(29-2)12-15(17)8-9-25(22)31(4,27)28/h6-7,10-13,22H,5,8-9H2,1-4H3,(H,24,26)/t22-/m1/s1. The van der Waals surface area contributed by atoms with Crippen molar-refractivity contribution in [1.29, 1.82) is 0 Å². The second kappa shape index (κ2) is 8.01. The predicted molar refractivity (Wildman–Crippen MR) is 121 cm³/mol. The molecule has 0 fully saturated rings. The lowest BCUT2D eigenvalue weighted by molar-refractivity contribution is 0.332. The van der Waals surface area contributed by atoms with E-state index in [1.807, 2.05) is 30.3 Å². The number of hydrogen-bond donors (Lipinski definition) is 1. The Morgan fingerprint density at radius 3 is 2.42 bits per heavy atom. The number of pyridine rings is 1. The summed E-state index contributed by atoms with van der Waals surface area (Å²) < 4.78 is 37.6. The summed E-state index contributed by atoms with van der Waals surface area (Å²) in [6.07, 6.45) is 2.56. The average Bonchev–Trinajstić information content (AvgIpc) is 2.75. The summed E-state index contributed by atoms with van der Waals surface area (Å²) in [5.41, 5.74) is 3.61. The van der Waals surface area contributed by atoms with Crippen LogP contribution in [0.2, 0.25) is 0 Å². The van der Waals surface area contributed by atoms with Crippen molar-refractivity contribution in [2.75, 3.05) is 27.0 Å². The number of benzene rings is 2. The Labute approximate surface area is 181 Å². The lowest BCUT2D eigenvalue weighted by Gasteiger charge is -2.36. The third-order valence-electron chi connectivity index (χ3n) is 5.90. The number of nitrogens with zero attached hydrogens (tertiary/aromatic N) is 1. The third kappa shape index (κ3) is 3.81. The lowest BCUT2D eigenvalue weighted by Crippen LogP contribution is -2.42. The Hall–Kier alpha value is -2.84. The zero-order valence-electron chi connectivity index (χ0n) is 18.1. The van der Waals surface area contributed by atoms with Gasteiger partial charge in [0.2, 0.25) is 10.0 Å². The normalized spacial score (nSPS) is 16.8. The lowest BCUT2D eigenvalue weighted by atomic mass is 9.89.